The van der Waals surface area contributed by atoms with Gasteiger partial charge in [0.25, 0.3) is 0 Å². The van der Waals surface area contributed by atoms with E-state index in [4.69, 9.17) is 11.6 Å². The predicted molar refractivity (Wildman–Crippen MR) is 75.2 cm³/mol. The van der Waals surface area contributed by atoms with Crippen molar-refractivity contribution in [2.24, 2.45) is 0 Å². The van der Waals surface area contributed by atoms with E-state index < -0.39 is 0 Å². The molecule has 1 aromatic carbocycles. The van der Waals surface area contributed by atoms with E-state index >= 15 is 0 Å². The molecule has 0 unspecified atom stereocenters. The van der Waals surface area contributed by atoms with Gasteiger partial charge in [0.1, 0.15) is 0 Å². The normalized spacial score (nSPS) is 19.8. The maximum absolute atomic E-state index is 12.2. The number of halogens is 1. The quantitative estimate of drug-likeness (QED) is 0.848. The monoisotopic (exact) mass is 266 g/mol. The van der Waals surface area contributed by atoms with E-state index in [1.54, 1.807) is 0 Å². The highest BCUT2D eigenvalue weighted by molar-refractivity contribution is 6.31. The molecule has 3 nitrogen and oxygen atoms in total. The Morgan fingerprint density at radius 1 is 1.39 bits per heavy atom. The summed E-state index contributed by atoms with van der Waals surface area (Å²) in [5.41, 5.74) is 1.80. The Balaban J connectivity index is 2.40. The summed E-state index contributed by atoms with van der Waals surface area (Å²) in [5.74, 6) is 0.151. The Morgan fingerprint density at radius 3 is 2.83 bits per heavy atom. The Hall–Kier alpha value is -1.06. The summed E-state index contributed by atoms with van der Waals surface area (Å²) >= 11 is 6.14. The van der Waals surface area contributed by atoms with Crippen molar-refractivity contribution < 1.29 is 4.79 Å². The van der Waals surface area contributed by atoms with Crippen molar-refractivity contribution in [1.82, 2.24) is 5.32 Å². The van der Waals surface area contributed by atoms with Crippen LogP contribution in [0, 0.1) is 6.92 Å². The third kappa shape index (κ3) is 2.68. The summed E-state index contributed by atoms with van der Waals surface area (Å²) in [6.45, 7) is 7.56. The zero-order chi connectivity index (χ0) is 13.3. The number of nitrogens with zero attached hydrogens (tertiary/aromatic N) is 1. The van der Waals surface area contributed by atoms with Gasteiger partial charge >= 0.3 is 0 Å². The van der Waals surface area contributed by atoms with Gasteiger partial charge in [0, 0.05) is 35.8 Å². The van der Waals surface area contributed by atoms with E-state index in [0.717, 1.165) is 17.8 Å². The van der Waals surface area contributed by atoms with Crippen molar-refractivity contribution in [1.29, 1.82) is 0 Å². The maximum atomic E-state index is 12.2. The number of amides is 1. The largest absolute Gasteiger partial charge is 0.310 e. The molecule has 0 atom stereocenters. The molecule has 1 aliphatic rings. The highest BCUT2D eigenvalue weighted by Crippen LogP contribution is 2.28. The molecule has 0 aromatic heterocycles. The van der Waals surface area contributed by atoms with Crippen LogP contribution in [0.2, 0.25) is 5.02 Å². The van der Waals surface area contributed by atoms with E-state index in [-0.39, 0.29) is 11.4 Å². The fourth-order valence-electron chi connectivity index (χ4n) is 2.29. The molecule has 1 heterocycles. The highest BCUT2D eigenvalue weighted by atomic mass is 35.5. The minimum absolute atomic E-state index is 0.0824. The first-order chi connectivity index (χ1) is 8.41. The van der Waals surface area contributed by atoms with Gasteiger partial charge < -0.3 is 10.2 Å². The minimum atomic E-state index is -0.0824. The summed E-state index contributed by atoms with van der Waals surface area (Å²) in [5, 5.41) is 4.09. The predicted octanol–water partition coefficient (Wildman–Crippen LogP) is 2.75. The smallest absolute Gasteiger partial charge is 0.228 e. The summed E-state index contributed by atoms with van der Waals surface area (Å²) in [7, 11) is 0. The fraction of sp³-hybridized carbons (Fsp3) is 0.500. The van der Waals surface area contributed by atoms with E-state index in [9.17, 15) is 4.79 Å². The first kappa shape index (κ1) is 13.4. The molecule has 0 radical (unpaired) electrons. The number of anilines is 1. The Kier molecular flexibility index (Phi) is 3.64. The van der Waals surface area contributed by atoms with Gasteiger partial charge in [-0.15, -0.1) is 0 Å². The second kappa shape index (κ2) is 4.90. The molecule has 98 valence electrons. The Labute approximate surface area is 113 Å². The fourth-order valence-corrected chi connectivity index (χ4v) is 2.46. The van der Waals surface area contributed by atoms with Crippen molar-refractivity contribution in [3.8, 4) is 0 Å². The van der Waals surface area contributed by atoms with Gasteiger partial charge in [0.2, 0.25) is 5.91 Å². The SMILES string of the molecule is Cc1c(Cl)cccc1N1CC(C)(C)NCCC1=O. The summed E-state index contributed by atoms with van der Waals surface area (Å²) in [4.78, 5) is 14.1. The van der Waals surface area contributed by atoms with Crippen LogP contribution in [0.3, 0.4) is 0 Å². The highest BCUT2D eigenvalue weighted by Gasteiger charge is 2.29. The number of rotatable bonds is 1. The third-order valence-corrected chi connectivity index (χ3v) is 3.74. The lowest BCUT2D eigenvalue weighted by Gasteiger charge is -2.31. The van der Waals surface area contributed by atoms with E-state index in [1.165, 1.54) is 0 Å². The molecule has 1 aromatic rings. The van der Waals surface area contributed by atoms with Crippen LogP contribution in [0.15, 0.2) is 18.2 Å². The Bertz CT molecular complexity index is 471. The van der Waals surface area contributed by atoms with Crippen molar-refractivity contribution in [2.75, 3.05) is 18.0 Å². The number of nitrogens with one attached hydrogen (secondary N) is 1. The average molecular weight is 267 g/mol. The molecule has 1 fully saturated rings. The number of hydrogen-bond acceptors (Lipinski definition) is 2. The van der Waals surface area contributed by atoms with Crippen LogP contribution < -0.4 is 10.2 Å². The number of benzene rings is 1. The standard InChI is InChI=1S/C14H19ClN2O/c1-10-11(15)5-4-6-12(10)17-9-14(2,3)16-8-7-13(17)18/h4-6,16H,7-9H2,1-3H3. The number of carbonyl (C=O) groups is 1. The Morgan fingerprint density at radius 2 is 2.11 bits per heavy atom. The van der Waals surface area contributed by atoms with Crippen LogP contribution in [0.4, 0.5) is 5.69 Å². The van der Waals surface area contributed by atoms with E-state index in [0.29, 0.717) is 18.0 Å². The average Bonchev–Trinajstić information content (AvgIpc) is 2.42. The van der Waals surface area contributed by atoms with Crippen molar-refractivity contribution in [3.63, 3.8) is 0 Å². The molecule has 0 bridgehead atoms. The van der Waals surface area contributed by atoms with Gasteiger partial charge in [-0.25, -0.2) is 0 Å². The summed E-state index contributed by atoms with van der Waals surface area (Å²) in [6.07, 6.45) is 0.523. The molecule has 1 amide bonds. The van der Waals surface area contributed by atoms with Gasteiger partial charge in [0.15, 0.2) is 0 Å². The van der Waals surface area contributed by atoms with Gasteiger partial charge in [-0.3, -0.25) is 4.79 Å². The molecular weight excluding hydrogens is 248 g/mol. The number of hydrogen-bond donors (Lipinski definition) is 1. The molecule has 0 aliphatic carbocycles. The lowest BCUT2D eigenvalue weighted by atomic mass is 10.0. The molecule has 0 saturated carbocycles. The lowest BCUT2D eigenvalue weighted by Crippen LogP contribution is -2.47. The van der Waals surface area contributed by atoms with Crippen molar-refractivity contribution in [3.05, 3.63) is 28.8 Å². The second-order valence-corrected chi connectivity index (χ2v) is 5.83. The maximum Gasteiger partial charge on any atom is 0.228 e. The van der Waals surface area contributed by atoms with E-state index in [1.807, 2.05) is 30.0 Å². The van der Waals surface area contributed by atoms with Crippen LogP contribution >= 0.6 is 11.6 Å². The molecule has 1 aliphatic heterocycles. The van der Waals surface area contributed by atoms with Gasteiger partial charge in [-0.1, -0.05) is 17.7 Å². The molecule has 18 heavy (non-hydrogen) atoms. The molecule has 1 N–H and O–H groups in total. The van der Waals surface area contributed by atoms with Gasteiger partial charge in [-0.2, -0.15) is 0 Å². The third-order valence-electron chi connectivity index (χ3n) is 3.33. The van der Waals surface area contributed by atoms with Crippen LogP contribution in [0.25, 0.3) is 0 Å². The minimum Gasteiger partial charge on any atom is -0.310 e. The lowest BCUT2D eigenvalue weighted by molar-refractivity contribution is -0.118. The second-order valence-electron chi connectivity index (χ2n) is 5.42. The summed E-state index contributed by atoms with van der Waals surface area (Å²) in [6, 6.07) is 5.70. The molecule has 1 saturated heterocycles. The van der Waals surface area contributed by atoms with Crippen LogP contribution in [0.1, 0.15) is 25.8 Å². The van der Waals surface area contributed by atoms with Gasteiger partial charge in [-0.05, 0) is 38.5 Å². The van der Waals surface area contributed by atoms with Crippen LogP contribution in [-0.4, -0.2) is 24.5 Å². The summed E-state index contributed by atoms with van der Waals surface area (Å²) < 4.78 is 0. The first-order valence-corrected chi connectivity index (χ1v) is 6.59. The number of carbonyl (C=O) groups excluding carboxylic acids is 1. The van der Waals surface area contributed by atoms with Crippen LogP contribution in [0.5, 0.6) is 0 Å². The zero-order valence-corrected chi connectivity index (χ0v) is 11.8. The molecular formula is C14H19ClN2O. The van der Waals surface area contributed by atoms with Crippen molar-refractivity contribution in [2.45, 2.75) is 32.7 Å². The topological polar surface area (TPSA) is 32.3 Å². The van der Waals surface area contributed by atoms with E-state index in [2.05, 4.69) is 19.2 Å². The van der Waals surface area contributed by atoms with Crippen molar-refractivity contribution >= 4 is 23.2 Å². The van der Waals surface area contributed by atoms with Gasteiger partial charge in [0.05, 0.1) is 0 Å². The molecule has 0 spiro atoms. The zero-order valence-electron chi connectivity index (χ0n) is 11.1. The molecule has 2 rings (SSSR count). The first-order valence-electron chi connectivity index (χ1n) is 6.21. The molecule has 4 heteroatoms. The van der Waals surface area contributed by atoms with Crippen LogP contribution in [-0.2, 0) is 4.79 Å².